The van der Waals surface area contributed by atoms with Crippen molar-refractivity contribution in [1.29, 1.82) is 0 Å². The van der Waals surface area contributed by atoms with Crippen molar-refractivity contribution in [2.45, 2.75) is 19.8 Å². The third-order valence-electron chi connectivity index (χ3n) is 3.25. The maximum Gasteiger partial charge on any atom is 0.168 e. The van der Waals surface area contributed by atoms with Gasteiger partial charge in [0.25, 0.3) is 0 Å². The summed E-state index contributed by atoms with van der Waals surface area (Å²) in [5.41, 5.74) is 2.18. The SMILES string of the molecule is CC(C)c1nnc(-c2ccccc2)n1-c1ccccc1. The van der Waals surface area contributed by atoms with Crippen LogP contribution < -0.4 is 0 Å². The molecule has 0 saturated carbocycles. The van der Waals surface area contributed by atoms with E-state index in [4.69, 9.17) is 0 Å². The summed E-state index contributed by atoms with van der Waals surface area (Å²) in [4.78, 5) is 0. The minimum Gasteiger partial charge on any atom is -0.279 e. The van der Waals surface area contributed by atoms with Crippen LogP contribution in [0.3, 0.4) is 0 Å². The minimum atomic E-state index is 0.320. The number of benzene rings is 2. The van der Waals surface area contributed by atoms with Gasteiger partial charge in [-0.25, -0.2) is 0 Å². The molecule has 3 nitrogen and oxygen atoms in total. The van der Waals surface area contributed by atoms with Crippen molar-refractivity contribution in [2.24, 2.45) is 0 Å². The summed E-state index contributed by atoms with van der Waals surface area (Å²) in [6.07, 6.45) is 0. The summed E-state index contributed by atoms with van der Waals surface area (Å²) in [5.74, 6) is 2.19. The molecule has 0 bridgehead atoms. The van der Waals surface area contributed by atoms with Gasteiger partial charge < -0.3 is 0 Å². The number of rotatable bonds is 3. The van der Waals surface area contributed by atoms with Gasteiger partial charge in [0.15, 0.2) is 5.82 Å². The second-order valence-corrected chi connectivity index (χ2v) is 5.07. The Morgan fingerprint density at radius 1 is 0.800 bits per heavy atom. The zero-order valence-electron chi connectivity index (χ0n) is 11.7. The third kappa shape index (κ3) is 2.23. The van der Waals surface area contributed by atoms with E-state index in [0.717, 1.165) is 22.9 Å². The van der Waals surface area contributed by atoms with Gasteiger partial charge in [-0.15, -0.1) is 10.2 Å². The van der Waals surface area contributed by atoms with Gasteiger partial charge in [-0.3, -0.25) is 4.57 Å². The van der Waals surface area contributed by atoms with Crippen molar-refractivity contribution < 1.29 is 0 Å². The fourth-order valence-electron chi connectivity index (χ4n) is 2.28. The Labute approximate surface area is 118 Å². The molecule has 0 amide bonds. The smallest absolute Gasteiger partial charge is 0.168 e. The lowest BCUT2D eigenvalue weighted by Crippen LogP contribution is -2.04. The standard InChI is InChI=1S/C17H17N3/c1-13(2)16-18-19-17(14-9-5-3-6-10-14)20(16)15-11-7-4-8-12-15/h3-13H,1-2H3. The van der Waals surface area contributed by atoms with Crippen molar-refractivity contribution in [3.63, 3.8) is 0 Å². The van der Waals surface area contributed by atoms with E-state index in [1.807, 2.05) is 36.4 Å². The Morgan fingerprint density at radius 3 is 2.00 bits per heavy atom. The molecular formula is C17H17N3. The second-order valence-electron chi connectivity index (χ2n) is 5.07. The highest BCUT2D eigenvalue weighted by Crippen LogP contribution is 2.25. The molecule has 20 heavy (non-hydrogen) atoms. The van der Waals surface area contributed by atoms with Gasteiger partial charge in [0.05, 0.1) is 0 Å². The molecule has 0 fully saturated rings. The zero-order chi connectivity index (χ0) is 13.9. The molecule has 0 atom stereocenters. The summed E-state index contributed by atoms with van der Waals surface area (Å²) >= 11 is 0. The molecule has 0 spiro atoms. The van der Waals surface area contributed by atoms with Crippen LogP contribution in [-0.2, 0) is 0 Å². The Morgan fingerprint density at radius 2 is 1.40 bits per heavy atom. The highest BCUT2D eigenvalue weighted by molar-refractivity contribution is 5.58. The lowest BCUT2D eigenvalue weighted by molar-refractivity contribution is 0.746. The normalized spacial score (nSPS) is 10.9. The Balaban J connectivity index is 2.22. The number of hydrogen-bond acceptors (Lipinski definition) is 2. The number of nitrogens with zero attached hydrogens (tertiary/aromatic N) is 3. The van der Waals surface area contributed by atoms with Crippen molar-refractivity contribution in [3.05, 3.63) is 66.5 Å². The van der Waals surface area contributed by atoms with E-state index in [1.54, 1.807) is 0 Å². The molecule has 3 aromatic rings. The van der Waals surface area contributed by atoms with E-state index in [2.05, 4.69) is 52.9 Å². The van der Waals surface area contributed by atoms with Crippen LogP contribution in [0.4, 0.5) is 0 Å². The van der Waals surface area contributed by atoms with E-state index in [0.29, 0.717) is 5.92 Å². The molecule has 0 unspecified atom stereocenters. The van der Waals surface area contributed by atoms with Crippen LogP contribution in [0.15, 0.2) is 60.7 Å². The fourth-order valence-corrected chi connectivity index (χ4v) is 2.28. The van der Waals surface area contributed by atoms with Crippen LogP contribution in [0.25, 0.3) is 17.1 Å². The molecule has 0 N–H and O–H groups in total. The van der Waals surface area contributed by atoms with Crippen molar-refractivity contribution >= 4 is 0 Å². The molecule has 0 radical (unpaired) electrons. The molecule has 0 aliphatic carbocycles. The highest BCUT2D eigenvalue weighted by Gasteiger charge is 2.17. The monoisotopic (exact) mass is 263 g/mol. The predicted octanol–water partition coefficient (Wildman–Crippen LogP) is 4.06. The Kier molecular flexibility index (Phi) is 3.33. The summed E-state index contributed by atoms with van der Waals surface area (Å²) in [5, 5.41) is 8.78. The first-order valence-electron chi connectivity index (χ1n) is 6.83. The molecule has 3 heteroatoms. The van der Waals surface area contributed by atoms with Crippen LogP contribution >= 0.6 is 0 Å². The molecule has 0 aliphatic heterocycles. The van der Waals surface area contributed by atoms with E-state index in [9.17, 15) is 0 Å². The van der Waals surface area contributed by atoms with Crippen molar-refractivity contribution in [3.8, 4) is 17.1 Å². The highest BCUT2D eigenvalue weighted by atomic mass is 15.3. The molecular weight excluding hydrogens is 246 g/mol. The van der Waals surface area contributed by atoms with E-state index < -0.39 is 0 Å². The molecule has 0 aliphatic rings. The van der Waals surface area contributed by atoms with Gasteiger partial charge in [-0.05, 0) is 12.1 Å². The summed E-state index contributed by atoms with van der Waals surface area (Å²) in [6, 6.07) is 20.4. The Hall–Kier alpha value is -2.42. The molecule has 0 saturated heterocycles. The molecule has 1 heterocycles. The minimum absolute atomic E-state index is 0.320. The van der Waals surface area contributed by atoms with Gasteiger partial charge in [0.1, 0.15) is 5.82 Å². The maximum atomic E-state index is 4.40. The van der Waals surface area contributed by atoms with Crippen molar-refractivity contribution in [1.82, 2.24) is 14.8 Å². The van der Waals surface area contributed by atoms with Gasteiger partial charge in [0, 0.05) is 17.2 Å². The third-order valence-corrected chi connectivity index (χ3v) is 3.25. The molecule has 100 valence electrons. The van der Waals surface area contributed by atoms with Crippen molar-refractivity contribution in [2.75, 3.05) is 0 Å². The van der Waals surface area contributed by atoms with Crippen LogP contribution in [0.1, 0.15) is 25.6 Å². The van der Waals surface area contributed by atoms with Gasteiger partial charge in [0.2, 0.25) is 0 Å². The van der Waals surface area contributed by atoms with Gasteiger partial charge >= 0.3 is 0 Å². The van der Waals surface area contributed by atoms with Crippen LogP contribution in [-0.4, -0.2) is 14.8 Å². The first-order chi connectivity index (χ1) is 9.77. The summed E-state index contributed by atoms with van der Waals surface area (Å²) < 4.78 is 2.14. The summed E-state index contributed by atoms with van der Waals surface area (Å²) in [7, 11) is 0. The van der Waals surface area contributed by atoms with Crippen LogP contribution in [0, 0.1) is 0 Å². The molecule has 1 aromatic heterocycles. The van der Waals surface area contributed by atoms with Gasteiger partial charge in [-0.1, -0.05) is 62.4 Å². The van der Waals surface area contributed by atoms with Gasteiger partial charge in [-0.2, -0.15) is 0 Å². The molecule has 3 rings (SSSR count). The molecule has 2 aromatic carbocycles. The fraction of sp³-hybridized carbons (Fsp3) is 0.176. The average molecular weight is 263 g/mol. The lowest BCUT2D eigenvalue weighted by Gasteiger charge is -2.12. The first kappa shape index (κ1) is 12.6. The van der Waals surface area contributed by atoms with E-state index >= 15 is 0 Å². The lowest BCUT2D eigenvalue weighted by atomic mass is 10.1. The number of para-hydroxylation sites is 1. The maximum absolute atomic E-state index is 4.40. The average Bonchev–Trinajstić information content (AvgIpc) is 2.94. The summed E-state index contributed by atoms with van der Waals surface area (Å²) in [6.45, 7) is 4.27. The Bertz CT molecular complexity index is 685. The largest absolute Gasteiger partial charge is 0.279 e. The quantitative estimate of drug-likeness (QED) is 0.713. The van der Waals surface area contributed by atoms with Crippen LogP contribution in [0.2, 0.25) is 0 Å². The number of hydrogen-bond donors (Lipinski definition) is 0. The predicted molar refractivity (Wildman–Crippen MR) is 80.9 cm³/mol. The number of aromatic nitrogens is 3. The zero-order valence-corrected chi connectivity index (χ0v) is 11.7. The van der Waals surface area contributed by atoms with E-state index in [1.165, 1.54) is 0 Å². The van der Waals surface area contributed by atoms with E-state index in [-0.39, 0.29) is 0 Å². The topological polar surface area (TPSA) is 30.7 Å². The van der Waals surface area contributed by atoms with Crippen LogP contribution in [0.5, 0.6) is 0 Å². The first-order valence-corrected chi connectivity index (χ1v) is 6.83. The second kappa shape index (κ2) is 5.29.